The fourth-order valence-electron chi connectivity index (χ4n) is 2.66. The molecule has 0 saturated carbocycles. The van der Waals surface area contributed by atoms with Crippen LogP contribution in [0.1, 0.15) is 13.8 Å². The van der Waals surface area contributed by atoms with Gasteiger partial charge in [-0.3, -0.25) is 9.59 Å². The van der Waals surface area contributed by atoms with Gasteiger partial charge in [-0.15, -0.1) is 0 Å². The number of hydrogen-bond donors (Lipinski definition) is 1. The number of nitrogens with zero attached hydrogens (tertiary/aromatic N) is 1. The van der Waals surface area contributed by atoms with Crippen LogP contribution in [0.4, 0.5) is 0 Å². The van der Waals surface area contributed by atoms with Crippen molar-refractivity contribution in [1.82, 2.24) is 4.90 Å². The first-order chi connectivity index (χ1) is 9.23. The molecule has 2 fully saturated rings. The average Bonchev–Trinajstić information content (AvgIpc) is 2.53. The van der Waals surface area contributed by atoms with Crippen LogP contribution in [0.3, 0.4) is 0 Å². The van der Waals surface area contributed by atoms with Gasteiger partial charge in [-0.25, -0.2) is 4.79 Å². The molecule has 110 valence electrons. The number of carbonyl (C=O) groups is 3. The number of hydrogen-bond acceptors (Lipinski definition) is 4. The van der Waals surface area contributed by atoms with E-state index in [0.717, 1.165) is 0 Å². The molecule has 0 bridgehead atoms. The zero-order chi connectivity index (χ0) is 15.2. The number of aliphatic carboxylic acids is 1. The average molecular weight is 315 g/mol. The van der Waals surface area contributed by atoms with Gasteiger partial charge in [0.15, 0.2) is 5.78 Å². The number of amides is 1. The van der Waals surface area contributed by atoms with Crippen molar-refractivity contribution >= 4 is 45.8 Å². The van der Waals surface area contributed by atoms with Crippen LogP contribution in [0.2, 0.25) is 0 Å². The molecule has 2 aliphatic heterocycles. The zero-order valence-corrected chi connectivity index (χ0v) is 13.2. The summed E-state index contributed by atoms with van der Waals surface area (Å²) in [5, 5.41) is 9.02. The molecule has 0 aromatic carbocycles. The van der Waals surface area contributed by atoms with Gasteiger partial charge in [-0.05, 0) is 26.2 Å². The highest BCUT2D eigenvalue weighted by molar-refractivity contribution is 8.16. The molecule has 5 nitrogen and oxygen atoms in total. The van der Waals surface area contributed by atoms with Crippen LogP contribution in [0, 0.1) is 0 Å². The number of thioether (sulfide) groups is 1. The number of carbonyl (C=O) groups excluding carboxylic acids is 2. The Kier molecular flexibility index (Phi) is 3.85. The third kappa shape index (κ3) is 2.03. The van der Waals surface area contributed by atoms with Gasteiger partial charge in [0, 0.05) is 4.75 Å². The zero-order valence-electron chi connectivity index (χ0n) is 11.6. The fourth-order valence-corrected chi connectivity index (χ4v) is 5.07. The molecule has 0 spiro atoms. The van der Waals surface area contributed by atoms with E-state index in [1.54, 1.807) is 0 Å². The molecule has 1 unspecified atom stereocenters. The molecular weight excluding hydrogens is 298 g/mol. The van der Waals surface area contributed by atoms with Gasteiger partial charge in [0.2, 0.25) is 0 Å². The molecule has 1 N–H and O–H groups in total. The smallest absolute Gasteiger partial charge is 0.327 e. The van der Waals surface area contributed by atoms with E-state index in [4.69, 9.17) is 0 Å². The number of carboxylic acid groups (broad SMARTS) is 1. The molecule has 7 heteroatoms. The van der Waals surface area contributed by atoms with Crippen molar-refractivity contribution in [3.05, 3.63) is 11.6 Å². The summed E-state index contributed by atoms with van der Waals surface area (Å²) in [7, 11) is -0.546. The van der Waals surface area contributed by atoms with Crippen molar-refractivity contribution in [3.63, 3.8) is 0 Å². The van der Waals surface area contributed by atoms with E-state index in [1.807, 2.05) is 20.1 Å². The predicted molar refractivity (Wildman–Crippen MR) is 82.3 cm³/mol. The number of carboxylic acids is 1. The van der Waals surface area contributed by atoms with Crippen molar-refractivity contribution < 1.29 is 19.5 Å². The third-order valence-corrected chi connectivity index (χ3v) is 6.89. The molecular formula is C13H17NO4S2. The van der Waals surface area contributed by atoms with Crippen LogP contribution in [0.15, 0.2) is 11.6 Å². The Bertz CT molecular complexity index is 553. The van der Waals surface area contributed by atoms with E-state index >= 15 is 0 Å². The summed E-state index contributed by atoms with van der Waals surface area (Å²) in [5.74, 6) is 2.90. The second-order valence-electron chi connectivity index (χ2n) is 5.34. The topological polar surface area (TPSA) is 74.7 Å². The molecule has 2 aliphatic rings. The molecule has 2 saturated heterocycles. The number of ketones is 1. The van der Waals surface area contributed by atoms with Gasteiger partial charge >= 0.3 is 5.97 Å². The molecule has 0 aromatic heterocycles. The minimum atomic E-state index is -1.01. The molecule has 3 atom stereocenters. The van der Waals surface area contributed by atoms with Gasteiger partial charge in [0.25, 0.3) is 5.91 Å². The van der Waals surface area contributed by atoms with E-state index in [0.29, 0.717) is 11.3 Å². The van der Waals surface area contributed by atoms with Crippen LogP contribution in [-0.2, 0) is 14.4 Å². The van der Waals surface area contributed by atoms with Crippen LogP contribution in [-0.4, -0.2) is 61.7 Å². The second kappa shape index (κ2) is 5.04. The summed E-state index contributed by atoms with van der Waals surface area (Å²) in [6, 6.07) is -0.867. The number of β-lactam (4-membered cyclic amide) rings is 1. The first-order valence-electron chi connectivity index (χ1n) is 6.05. The maximum Gasteiger partial charge on any atom is 0.327 e. The normalized spacial score (nSPS) is 33.0. The Morgan fingerprint density at radius 3 is 2.65 bits per heavy atom. The highest BCUT2D eigenvalue weighted by Gasteiger charge is 2.62. The maximum absolute atomic E-state index is 12.1. The van der Waals surface area contributed by atoms with Crippen molar-refractivity contribution in [2.45, 2.75) is 30.0 Å². The summed E-state index contributed by atoms with van der Waals surface area (Å²) in [6.07, 6.45) is 3.18. The lowest BCUT2D eigenvalue weighted by Crippen LogP contribution is -2.58. The predicted octanol–water partition coefficient (Wildman–Crippen LogP) is 0.959. The fraction of sp³-hybridized carbons (Fsp3) is 0.538. The Morgan fingerprint density at radius 2 is 2.15 bits per heavy atom. The molecule has 20 heavy (non-hydrogen) atoms. The molecule has 0 aromatic rings. The number of allylic oxidation sites excluding steroid dienone is 1. The first kappa shape index (κ1) is 15.3. The minimum absolute atomic E-state index is 0.117. The minimum Gasteiger partial charge on any atom is -0.480 e. The summed E-state index contributed by atoms with van der Waals surface area (Å²) >= 11 is 1.39. The van der Waals surface area contributed by atoms with Crippen molar-refractivity contribution in [2.75, 3.05) is 12.0 Å². The molecule has 0 aliphatic carbocycles. The van der Waals surface area contributed by atoms with Crippen LogP contribution < -0.4 is 0 Å². The van der Waals surface area contributed by atoms with Gasteiger partial charge in [-0.1, -0.05) is 5.87 Å². The standard InChI is InChI=1S/C13H17NO4S2/c1-13(2)9(12(17)18)14-10(16)8(11(14)20(13)4)5-7(15)6-19-3/h5,9,11H,4,6H2,1-3H3,(H,17,18)/t9-,11+,20?/m0/s1. The lowest BCUT2D eigenvalue weighted by atomic mass is 9.95. The van der Waals surface area contributed by atoms with E-state index < -0.39 is 27.2 Å². The number of fused-ring (bicyclic) bond motifs is 1. The Balaban J connectivity index is 2.36. The van der Waals surface area contributed by atoms with Crippen molar-refractivity contribution in [2.24, 2.45) is 0 Å². The highest BCUT2D eigenvalue weighted by atomic mass is 32.2. The monoisotopic (exact) mass is 315 g/mol. The second-order valence-corrected chi connectivity index (χ2v) is 8.56. The summed E-state index contributed by atoms with van der Waals surface area (Å²) in [5.41, 5.74) is 0.416. The van der Waals surface area contributed by atoms with Crippen molar-refractivity contribution in [1.29, 1.82) is 0 Å². The maximum atomic E-state index is 12.1. The first-order valence-corrected chi connectivity index (χ1v) is 8.90. The van der Waals surface area contributed by atoms with Crippen LogP contribution in [0.25, 0.3) is 0 Å². The van der Waals surface area contributed by atoms with Crippen LogP contribution in [0.5, 0.6) is 0 Å². The molecule has 1 amide bonds. The molecule has 2 rings (SSSR count). The van der Waals surface area contributed by atoms with E-state index in [9.17, 15) is 19.5 Å². The van der Waals surface area contributed by atoms with E-state index in [-0.39, 0.29) is 17.1 Å². The number of rotatable bonds is 4. The Labute approximate surface area is 124 Å². The SMILES string of the molecule is C=S1[C@@H]2C(=CC(=O)CSC)C(=O)N2[C@@H](C(=O)O)C1(C)C. The molecule has 2 heterocycles. The lowest BCUT2D eigenvalue weighted by molar-refractivity contribution is -0.152. The van der Waals surface area contributed by atoms with Gasteiger partial charge in [0.05, 0.1) is 11.3 Å². The van der Waals surface area contributed by atoms with E-state index in [1.165, 1.54) is 22.7 Å². The van der Waals surface area contributed by atoms with Crippen molar-refractivity contribution in [3.8, 4) is 0 Å². The Morgan fingerprint density at radius 1 is 1.55 bits per heavy atom. The largest absolute Gasteiger partial charge is 0.480 e. The lowest BCUT2D eigenvalue weighted by Gasteiger charge is -2.39. The molecule has 0 radical (unpaired) electrons. The Hall–Kier alpha value is -1.08. The van der Waals surface area contributed by atoms with E-state index in [2.05, 4.69) is 5.87 Å². The summed E-state index contributed by atoms with van der Waals surface area (Å²) in [6.45, 7) is 3.63. The summed E-state index contributed by atoms with van der Waals surface area (Å²) in [4.78, 5) is 36.6. The van der Waals surface area contributed by atoms with Crippen LogP contribution >= 0.6 is 22.2 Å². The van der Waals surface area contributed by atoms with Gasteiger partial charge in [-0.2, -0.15) is 22.2 Å². The van der Waals surface area contributed by atoms with Gasteiger partial charge < -0.3 is 10.0 Å². The quantitative estimate of drug-likeness (QED) is 0.475. The highest BCUT2D eigenvalue weighted by Crippen LogP contribution is 2.56. The summed E-state index contributed by atoms with van der Waals surface area (Å²) < 4.78 is -0.593. The van der Waals surface area contributed by atoms with Gasteiger partial charge in [0.1, 0.15) is 11.4 Å². The third-order valence-electron chi connectivity index (χ3n) is 3.72.